The molecule has 3 aromatic rings. The zero-order valence-electron chi connectivity index (χ0n) is 9.16. The van der Waals surface area contributed by atoms with E-state index in [4.69, 9.17) is 5.73 Å². The SMILES string of the molecule is Cc1nc(CN)sc1-c1nnc2ncccn12. The minimum Gasteiger partial charge on any atom is -0.325 e. The Bertz CT molecular complexity index is 670. The maximum absolute atomic E-state index is 5.59. The lowest BCUT2D eigenvalue weighted by atomic mass is 10.4. The molecular formula is C10H10N6S. The first kappa shape index (κ1) is 10.3. The first-order chi connectivity index (χ1) is 8.29. The number of aromatic nitrogens is 5. The van der Waals surface area contributed by atoms with Crippen molar-refractivity contribution in [3.05, 3.63) is 29.2 Å². The van der Waals surface area contributed by atoms with Gasteiger partial charge in [-0.25, -0.2) is 9.97 Å². The third-order valence-corrected chi connectivity index (χ3v) is 3.58. The van der Waals surface area contributed by atoms with Crippen LogP contribution in [0.5, 0.6) is 0 Å². The van der Waals surface area contributed by atoms with Crippen molar-refractivity contribution >= 4 is 17.1 Å². The molecule has 86 valence electrons. The lowest BCUT2D eigenvalue weighted by molar-refractivity contribution is 1.02. The van der Waals surface area contributed by atoms with Crippen molar-refractivity contribution in [2.45, 2.75) is 13.5 Å². The van der Waals surface area contributed by atoms with E-state index in [1.54, 1.807) is 17.5 Å². The fourth-order valence-electron chi connectivity index (χ4n) is 1.64. The predicted octanol–water partition coefficient (Wildman–Crippen LogP) is 1.01. The molecule has 0 atom stereocenters. The molecule has 2 N–H and O–H groups in total. The summed E-state index contributed by atoms with van der Waals surface area (Å²) in [6, 6.07) is 1.85. The molecule has 3 heterocycles. The lowest BCUT2D eigenvalue weighted by Crippen LogP contribution is -1.94. The van der Waals surface area contributed by atoms with E-state index in [-0.39, 0.29) is 0 Å². The van der Waals surface area contributed by atoms with Gasteiger partial charge in [-0.05, 0) is 13.0 Å². The largest absolute Gasteiger partial charge is 0.325 e. The summed E-state index contributed by atoms with van der Waals surface area (Å²) in [7, 11) is 0. The van der Waals surface area contributed by atoms with Crippen molar-refractivity contribution in [3.8, 4) is 10.7 Å². The number of rotatable bonds is 2. The maximum Gasteiger partial charge on any atom is 0.255 e. The molecule has 0 aromatic carbocycles. The maximum atomic E-state index is 5.59. The Kier molecular flexibility index (Phi) is 2.34. The van der Waals surface area contributed by atoms with Gasteiger partial charge in [0.2, 0.25) is 0 Å². The Morgan fingerprint density at radius 2 is 2.29 bits per heavy atom. The van der Waals surface area contributed by atoms with Crippen LogP contribution in [0.25, 0.3) is 16.5 Å². The molecule has 3 aromatic heterocycles. The summed E-state index contributed by atoms with van der Waals surface area (Å²) < 4.78 is 1.85. The minimum atomic E-state index is 0.445. The van der Waals surface area contributed by atoms with Crippen LogP contribution in [0.2, 0.25) is 0 Å². The van der Waals surface area contributed by atoms with Crippen LogP contribution in [0.3, 0.4) is 0 Å². The highest BCUT2D eigenvalue weighted by atomic mass is 32.1. The zero-order chi connectivity index (χ0) is 11.8. The third kappa shape index (κ3) is 1.60. The number of fused-ring (bicyclic) bond motifs is 1. The second-order valence-corrected chi connectivity index (χ2v) is 4.62. The normalized spacial score (nSPS) is 11.2. The Morgan fingerprint density at radius 3 is 3.06 bits per heavy atom. The van der Waals surface area contributed by atoms with E-state index >= 15 is 0 Å². The molecule has 6 nitrogen and oxygen atoms in total. The van der Waals surface area contributed by atoms with Gasteiger partial charge in [-0.3, -0.25) is 4.40 Å². The monoisotopic (exact) mass is 246 g/mol. The molecule has 0 amide bonds. The van der Waals surface area contributed by atoms with Gasteiger partial charge in [-0.2, -0.15) is 0 Å². The Labute approximate surface area is 101 Å². The van der Waals surface area contributed by atoms with E-state index in [0.717, 1.165) is 21.4 Å². The highest BCUT2D eigenvalue weighted by Crippen LogP contribution is 2.28. The van der Waals surface area contributed by atoms with E-state index in [1.807, 2.05) is 23.6 Å². The van der Waals surface area contributed by atoms with Gasteiger partial charge >= 0.3 is 0 Å². The van der Waals surface area contributed by atoms with Crippen LogP contribution >= 0.6 is 11.3 Å². The first-order valence-corrected chi connectivity index (χ1v) is 5.93. The average molecular weight is 246 g/mol. The summed E-state index contributed by atoms with van der Waals surface area (Å²) in [6.45, 7) is 2.39. The van der Waals surface area contributed by atoms with Crippen LogP contribution in [0.4, 0.5) is 0 Å². The molecule has 0 saturated heterocycles. The summed E-state index contributed by atoms with van der Waals surface area (Å²) in [6.07, 6.45) is 3.58. The molecule has 0 aliphatic carbocycles. The summed E-state index contributed by atoms with van der Waals surface area (Å²) >= 11 is 1.54. The van der Waals surface area contributed by atoms with Crippen LogP contribution in [-0.4, -0.2) is 24.6 Å². The number of nitrogens with two attached hydrogens (primary N) is 1. The van der Waals surface area contributed by atoms with Gasteiger partial charge in [0.05, 0.1) is 10.6 Å². The summed E-state index contributed by atoms with van der Waals surface area (Å²) in [4.78, 5) is 9.51. The molecular weight excluding hydrogens is 236 g/mol. The molecule has 0 bridgehead atoms. The van der Waals surface area contributed by atoms with Crippen molar-refractivity contribution in [1.29, 1.82) is 0 Å². The van der Waals surface area contributed by atoms with E-state index in [9.17, 15) is 0 Å². The van der Waals surface area contributed by atoms with Gasteiger partial charge in [-0.1, -0.05) is 0 Å². The summed E-state index contributed by atoms with van der Waals surface area (Å²) in [5, 5.41) is 9.08. The van der Waals surface area contributed by atoms with Crippen molar-refractivity contribution in [3.63, 3.8) is 0 Å². The van der Waals surface area contributed by atoms with Gasteiger partial charge in [0.25, 0.3) is 5.78 Å². The van der Waals surface area contributed by atoms with Crippen molar-refractivity contribution in [2.75, 3.05) is 0 Å². The number of hydrogen-bond acceptors (Lipinski definition) is 6. The van der Waals surface area contributed by atoms with E-state index in [0.29, 0.717) is 12.3 Å². The highest BCUT2D eigenvalue weighted by molar-refractivity contribution is 7.15. The number of thiazole rings is 1. The first-order valence-electron chi connectivity index (χ1n) is 5.12. The Morgan fingerprint density at radius 1 is 1.41 bits per heavy atom. The molecule has 17 heavy (non-hydrogen) atoms. The fourth-order valence-corrected chi connectivity index (χ4v) is 2.57. The molecule has 0 spiro atoms. The molecule has 0 saturated carbocycles. The predicted molar refractivity (Wildman–Crippen MR) is 64.5 cm³/mol. The highest BCUT2D eigenvalue weighted by Gasteiger charge is 2.15. The smallest absolute Gasteiger partial charge is 0.255 e. The van der Waals surface area contributed by atoms with Crippen LogP contribution in [0.1, 0.15) is 10.7 Å². The second-order valence-electron chi connectivity index (χ2n) is 3.54. The van der Waals surface area contributed by atoms with Crippen LogP contribution in [-0.2, 0) is 6.54 Å². The van der Waals surface area contributed by atoms with E-state index in [1.165, 1.54) is 0 Å². The van der Waals surface area contributed by atoms with Crippen molar-refractivity contribution < 1.29 is 0 Å². The van der Waals surface area contributed by atoms with Gasteiger partial charge < -0.3 is 5.73 Å². The fraction of sp³-hybridized carbons (Fsp3) is 0.200. The molecule has 0 radical (unpaired) electrons. The molecule has 0 unspecified atom stereocenters. The van der Waals surface area contributed by atoms with Gasteiger partial charge in [0.1, 0.15) is 5.01 Å². The topological polar surface area (TPSA) is 82.0 Å². The van der Waals surface area contributed by atoms with Crippen LogP contribution in [0, 0.1) is 6.92 Å². The third-order valence-electron chi connectivity index (χ3n) is 2.41. The number of nitrogens with zero attached hydrogens (tertiary/aromatic N) is 5. The summed E-state index contributed by atoms with van der Waals surface area (Å²) in [5.74, 6) is 1.35. The minimum absolute atomic E-state index is 0.445. The Hall–Kier alpha value is -1.86. The van der Waals surface area contributed by atoms with Crippen molar-refractivity contribution in [1.82, 2.24) is 24.6 Å². The zero-order valence-corrected chi connectivity index (χ0v) is 9.98. The molecule has 0 fully saturated rings. The van der Waals surface area contributed by atoms with Gasteiger partial charge in [0, 0.05) is 18.9 Å². The van der Waals surface area contributed by atoms with E-state index in [2.05, 4.69) is 20.2 Å². The number of aryl methyl sites for hydroxylation is 1. The van der Waals surface area contributed by atoms with E-state index < -0.39 is 0 Å². The Balaban J connectivity index is 2.23. The average Bonchev–Trinajstić information content (AvgIpc) is 2.92. The number of hydrogen-bond donors (Lipinski definition) is 1. The second kappa shape index (κ2) is 3.86. The molecule has 7 heteroatoms. The standard InChI is InChI=1S/C10H10N6S/c1-6-8(17-7(5-11)13-6)9-14-15-10-12-3-2-4-16(9)10/h2-4H,5,11H2,1H3. The lowest BCUT2D eigenvalue weighted by Gasteiger charge is -1.95. The quantitative estimate of drug-likeness (QED) is 0.730. The van der Waals surface area contributed by atoms with Crippen LogP contribution in [0.15, 0.2) is 18.5 Å². The van der Waals surface area contributed by atoms with Crippen molar-refractivity contribution in [2.24, 2.45) is 5.73 Å². The summed E-state index contributed by atoms with van der Waals surface area (Å²) in [5.41, 5.74) is 6.52. The van der Waals surface area contributed by atoms with Gasteiger partial charge in [-0.15, -0.1) is 21.5 Å². The van der Waals surface area contributed by atoms with Crippen LogP contribution < -0.4 is 5.73 Å². The molecule has 3 rings (SSSR count). The molecule has 0 aliphatic rings. The molecule has 0 aliphatic heterocycles. The van der Waals surface area contributed by atoms with Gasteiger partial charge in [0.15, 0.2) is 5.82 Å².